The van der Waals surface area contributed by atoms with Crippen LogP contribution in [0.15, 0.2) is 35.5 Å². The Bertz CT molecular complexity index is 705. The van der Waals surface area contributed by atoms with Crippen LogP contribution >= 0.6 is 35.3 Å². The Morgan fingerprint density at radius 3 is 2.78 bits per heavy atom. The highest BCUT2D eigenvalue weighted by molar-refractivity contribution is 14.0. The fraction of sp³-hybridized carbons (Fsp3) is 0.474. The fourth-order valence-electron chi connectivity index (χ4n) is 2.23. The molecule has 2 aromatic rings. The van der Waals surface area contributed by atoms with Crippen molar-refractivity contribution in [2.45, 2.75) is 26.9 Å². The van der Waals surface area contributed by atoms with Gasteiger partial charge in [0.1, 0.15) is 17.4 Å². The Balaban J connectivity index is 0.00000364. The van der Waals surface area contributed by atoms with Gasteiger partial charge < -0.3 is 20.3 Å². The summed E-state index contributed by atoms with van der Waals surface area (Å²) in [6.45, 7) is 7.79. The molecule has 0 atom stereocenters. The van der Waals surface area contributed by atoms with Gasteiger partial charge in [-0.1, -0.05) is 12.1 Å². The van der Waals surface area contributed by atoms with E-state index in [4.69, 9.17) is 4.74 Å². The van der Waals surface area contributed by atoms with Gasteiger partial charge in [0.05, 0.1) is 13.1 Å². The number of aromatic nitrogens is 1. The smallest absolute Gasteiger partial charge is 0.191 e. The molecule has 1 heterocycles. The summed E-state index contributed by atoms with van der Waals surface area (Å²) in [6, 6.07) is 8.11. The molecule has 0 fully saturated rings. The van der Waals surface area contributed by atoms with Crippen molar-refractivity contribution in [3.8, 4) is 5.75 Å². The van der Waals surface area contributed by atoms with E-state index in [2.05, 4.69) is 45.4 Å². The number of ether oxygens (including phenoxy) is 1. The topological polar surface area (TPSA) is 61.8 Å². The molecule has 0 aliphatic carbocycles. The van der Waals surface area contributed by atoms with E-state index in [1.807, 2.05) is 38.5 Å². The summed E-state index contributed by atoms with van der Waals surface area (Å²) in [5, 5.41) is 7.66. The summed E-state index contributed by atoms with van der Waals surface area (Å²) >= 11 is 1.70. The third kappa shape index (κ3) is 9.39. The number of aryl methyl sites for hydroxylation is 1. The minimum atomic E-state index is 0. The highest BCUT2D eigenvalue weighted by Crippen LogP contribution is 2.14. The van der Waals surface area contributed by atoms with E-state index < -0.39 is 0 Å². The van der Waals surface area contributed by atoms with Crippen LogP contribution in [0.4, 0.5) is 0 Å². The number of guanidine groups is 1. The molecule has 0 amide bonds. The summed E-state index contributed by atoms with van der Waals surface area (Å²) in [6.07, 6.45) is 1.90. The zero-order valence-electron chi connectivity index (χ0n) is 16.5. The van der Waals surface area contributed by atoms with E-state index in [0.717, 1.165) is 35.4 Å². The molecule has 6 nitrogen and oxygen atoms in total. The highest BCUT2D eigenvalue weighted by atomic mass is 127. The zero-order valence-corrected chi connectivity index (χ0v) is 19.6. The first-order valence-corrected chi connectivity index (χ1v) is 9.68. The molecule has 150 valence electrons. The van der Waals surface area contributed by atoms with Gasteiger partial charge in [-0.3, -0.25) is 0 Å². The maximum atomic E-state index is 5.79. The van der Waals surface area contributed by atoms with Gasteiger partial charge in [-0.2, -0.15) is 0 Å². The molecule has 2 rings (SSSR count). The number of nitrogens with zero attached hydrogens (tertiary/aromatic N) is 3. The highest BCUT2D eigenvalue weighted by Gasteiger charge is 2.02. The summed E-state index contributed by atoms with van der Waals surface area (Å²) in [4.78, 5) is 12.4. The first-order valence-electron chi connectivity index (χ1n) is 8.86. The number of rotatable bonds is 9. The van der Waals surface area contributed by atoms with Crippen LogP contribution in [0.25, 0.3) is 0 Å². The summed E-state index contributed by atoms with van der Waals surface area (Å²) in [5.41, 5.74) is 1.12. The molecule has 1 aromatic carbocycles. The van der Waals surface area contributed by atoms with Crippen LogP contribution in [0.3, 0.4) is 0 Å². The molecular weight excluding hydrogens is 473 g/mol. The Labute approximate surface area is 183 Å². The van der Waals surface area contributed by atoms with Crippen molar-refractivity contribution < 1.29 is 4.74 Å². The van der Waals surface area contributed by atoms with Crippen molar-refractivity contribution in [2.75, 3.05) is 33.8 Å². The predicted molar refractivity (Wildman–Crippen MR) is 124 cm³/mol. The Morgan fingerprint density at radius 1 is 1.30 bits per heavy atom. The lowest BCUT2D eigenvalue weighted by atomic mass is 10.2. The summed E-state index contributed by atoms with van der Waals surface area (Å²) < 4.78 is 5.79. The number of hydrogen-bond donors (Lipinski definition) is 2. The molecule has 0 saturated carbocycles. The van der Waals surface area contributed by atoms with Gasteiger partial charge in [0.2, 0.25) is 0 Å². The maximum Gasteiger partial charge on any atom is 0.191 e. The molecule has 1 aromatic heterocycles. The Hall–Kier alpha value is -1.39. The van der Waals surface area contributed by atoms with Gasteiger partial charge in [0.25, 0.3) is 0 Å². The largest absolute Gasteiger partial charge is 0.492 e. The molecule has 0 aliphatic rings. The predicted octanol–water partition coefficient (Wildman–Crippen LogP) is 3.27. The van der Waals surface area contributed by atoms with Gasteiger partial charge in [-0.25, -0.2) is 9.98 Å². The fourth-order valence-corrected chi connectivity index (χ4v) is 2.96. The first-order chi connectivity index (χ1) is 12.6. The second kappa shape index (κ2) is 12.9. The number of hydrogen-bond acceptors (Lipinski definition) is 5. The van der Waals surface area contributed by atoms with E-state index >= 15 is 0 Å². The average molecular weight is 503 g/mol. The maximum absolute atomic E-state index is 5.79. The number of likely N-dealkylation sites (N-methyl/N-ethyl adjacent to an activating group) is 1. The number of thiazole rings is 1. The van der Waals surface area contributed by atoms with Crippen molar-refractivity contribution in [3.05, 3.63) is 45.9 Å². The van der Waals surface area contributed by atoms with Gasteiger partial charge in [-0.05, 0) is 45.6 Å². The monoisotopic (exact) mass is 503 g/mol. The third-order valence-corrected chi connectivity index (χ3v) is 4.46. The van der Waals surface area contributed by atoms with Crippen molar-refractivity contribution in [1.29, 1.82) is 0 Å². The van der Waals surface area contributed by atoms with Crippen LogP contribution in [-0.2, 0) is 13.1 Å². The number of nitrogens with one attached hydrogen (secondary N) is 2. The zero-order chi connectivity index (χ0) is 18.8. The van der Waals surface area contributed by atoms with Gasteiger partial charge >= 0.3 is 0 Å². The van der Waals surface area contributed by atoms with E-state index in [0.29, 0.717) is 19.7 Å². The third-order valence-electron chi connectivity index (χ3n) is 3.55. The number of halogens is 1. The molecule has 27 heavy (non-hydrogen) atoms. The standard InChI is InChI=1S/C19H29N5OS.HI/c1-5-20-19(23-14-18-21-12-15(2)26-18)22-13-16-7-6-8-17(11-16)25-10-9-24(3)4;/h6-8,11-12H,5,9-10,13-14H2,1-4H3,(H2,20,22,23);1H. The van der Waals surface area contributed by atoms with Crippen molar-refractivity contribution in [3.63, 3.8) is 0 Å². The molecule has 0 saturated heterocycles. The SMILES string of the molecule is CCNC(=NCc1cccc(OCCN(C)C)c1)NCc1ncc(C)s1.I. The second-order valence-corrected chi connectivity index (χ2v) is 7.53. The van der Waals surface area contributed by atoms with E-state index in [-0.39, 0.29) is 24.0 Å². The van der Waals surface area contributed by atoms with Crippen LogP contribution in [0.5, 0.6) is 5.75 Å². The molecule has 0 radical (unpaired) electrons. The second-order valence-electron chi connectivity index (χ2n) is 6.21. The van der Waals surface area contributed by atoms with E-state index in [1.165, 1.54) is 4.88 Å². The first kappa shape index (κ1) is 23.6. The lowest BCUT2D eigenvalue weighted by Crippen LogP contribution is -2.36. The van der Waals surface area contributed by atoms with Crippen LogP contribution in [-0.4, -0.2) is 49.6 Å². The molecular formula is C19H30IN5OS. The van der Waals surface area contributed by atoms with Crippen LogP contribution in [0.2, 0.25) is 0 Å². The minimum absolute atomic E-state index is 0. The van der Waals surface area contributed by atoms with E-state index in [1.54, 1.807) is 11.3 Å². The van der Waals surface area contributed by atoms with Crippen LogP contribution in [0.1, 0.15) is 22.4 Å². The molecule has 0 spiro atoms. The number of aliphatic imine (C=N–C) groups is 1. The lowest BCUT2D eigenvalue weighted by molar-refractivity contribution is 0.261. The molecule has 2 N–H and O–H groups in total. The van der Waals surface area contributed by atoms with Crippen molar-refractivity contribution in [2.24, 2.45) is 4.99 Å². The molecule has 8 heteroatoms. The lowest BCUT2D eigenvalue weighted by Gasteiger charge is -2.12. The van der Waals surface area contributed by atoms with Crippen molar-refractivity contribution in [1.82, 2.24) is 20.5 Å². The van der Waals surface area contributed by atoms with Gasteiger partial charge in [-0.15, -0.1) is 35.3 Å². The summed E-state index contributed by atoms with van der Waals surface area (Å²) in [7, 11) is 4.08. The summed E-state index contributed by atoms with van der Waals surface area (Å²) in [5.74, 6) is 1.68. The quantitative estimate of drug-likeness (QED) is 0.313. The average Bonchev–Trinajstić information content (AvgIpc) is 3.03. The molecule has 0 aliphatic heterocycles. The van der Waals surface area contributed by atoms with Crippen LogP contribution < -0.4 is 15.4 Å². The minimum Gasteiger partial charge on any atom is -0.492 e. The normalized spacial score (nSPS) is 11.2. The van der Waals surface area contributed by atoms with Crippen molar-refractivity contribution >= 4 is 41.3 Å². The number of benzene rings is 1. The molecule has 0 unspecified atom stereocenters. The Morgan fingerprint density at radius 2 is 2.11 bits per heavy atom. The van der Waals surface area contributed by atoms with Gasteiger partial charge in [0, 0.05) is 24.2 Å². The van der Waals surface area contributed by atoms with Crippen LogP contribution in [0, 0.1) is 6.92 Å². The molecule has 0 bridgehead atoms. The van der Waals surface area contributed by atoms with E-state index in [9.17, 15) is 0 Å². The van der Waals surface area contributed by atoms with Gasteiger partial charge in [0.15, 0.2) is 5.96 Å². The Kier molecular flexibility index (Phi) is 11.3.